The van der Waals surface area contributed by atoms with Gasteiger partial charge in [0.05, 0.1) is 13.7 Å². The van der Waals surface area contributed by atoms with E-state index in [1.54, 1.807) is 44.4 Å². The number of carbonyl (C=O) groups excluding carboxylic acids is 1. The van der Waals surface area contributed by atoms with E-state index in [0.717, 1.165) is 4.47 Å². The van der Waals surface area contributed by atoms with Crippen molar-refractivity contribution >= 4 is 27.5 Å². The Bertz CT molecular complexity index is 688. The average molecular weight is 394 g/mol. The van der Waals surface area contributed by atoms with Crippen molar-refractivity contribution in [2.75, 3.05) is 19.0 Å². The molecule has 2 aromatic carbocycles. The third kappa shape index (κ3) is 4.89. The number of nitrogens with one attached hydrogen (secondary N) is 1. The number of rotatable bonds is 7. The molecule has 2 rings (SSSR count). The van der Waals surface area contributed by atoms with Gasteiger partial charge in [-0.15, -0.1) is 0 Å². The van der Waals surface area contributed by atoms with Gasteiger partial charge in [-0.05, 0) is 50.2 Å². The predicted octanol–water partition coefficient (Wildman–Crippen LogP) is 4.26. The van der Waals surface area contributed by atoms with Gasteiger partial charge in [-0.1, -0.05) is 15.9 Å². The van der Waals surface area contributed by atoms with Crippen LogP contribution in [0.4, 0.5) is 5.69 Å². The van der Waals surface area contributed by atoms with E-state index in [9.17, 15) is 4.79 Å². The van der Waals surface area contributed by atoms with Gasteiger partial charge in [0.25, 0.3) is 5.91 Å². The number of carbonyl (C=O) groups is 1. The van der Waals surface area contributed by atoms with Crippen LogP contribution in [0.25, 0.3) is 0 Å². The Morgan fingerprint density at radius 1 is 1.17 bits per heavy atom. The molecule has 2 aromatic rings. The average Bonchev–Trinajstić information content (AvgIpc) is 2.58. The molecule has 1 N–H and O–H groups in total. The van der Waals surface area contributed by atoms with Gasteiger partial charge < -0.3 is 19.5 Å². The predicted molar refractivity (Wildman–Crippen MR) is 97.0 cm³/mol. The molecule has 0 bridgehead atoms. The topological polar surface area (TPSA) is 56.8 Å². The number of benzene rings is 2. The fourth-order valence-electron chi connectivity index (χ4n) is 2.03. The van der Waals surface area contributed by atoms with Crippen molar-refractivity contribution in [2.45, 2.75) is 20.0 Å². The SMILES string of the molecule is CCOc1ccc(NC(=O)[C@@H](C)Oc2ccc(Br)cc2)cc1OC. The molecule has 0 saturated carbocycles. The number of halogens is 1. The molecule has 1 atom stereocenters. The minimum Gasteiger partial charge on any atom is -0.493 e. The van der Waals surface area contributed by atoms with Crippen molar-refractivity contribution in [1.29, 1.82) is 0 Å². The smallest absolute Gasteiger partial charge is 0.265 e. The first-order valence-electron chi connectivity index (χ1n) is 7.57. The summed E-state index contributed by atoms with van der Waals surface area (Å²) >= 11 is 3.36. The lowest BCUT2D eigenvalue weighted by Crippen LogP contribution is -2.30. The summed E-state index contributed by atoms with van der Waals surface area (Å²) in [5.41, 5.74) is 0.617. The van der Waals surface area contributed by atoms with Crippen LogP contribution in [0.2, 0.25) is 0 Å². The van der Waals surface area contributed by atoms with Gasteiger partial charge in [0.2, 0.25) is 0 Å². The summed E-state index contributed by atoms with van der Waals surface area (Å²) in [7, 11) is 1.56. The Hall–Kier alpha value is -2.21. The van der Waals surface area contributed by atoms with Crippen molar-refractivity contribution in [3.8, 4) is 17.2 Å². The van der Waals surface area contributed by atoms with E-state index in [0.29, 0.717) is 29.5 Å². The van der Waals surface area contributed by atoms with Crippen LogP contribution in [0, 0.1) is 0 Å². The van der Waals surface area contributed by atoms with Crippen LogP contribution in [0.3, 0.4) is 0 Å². The molecule has 0 aromatic heterocycles. The third-order valence-corrected chi connectivity index (χ3v) is 3.76. The molecular weight excluding hydrogens is 374 g/mol. The highest BCUT2D eigenvalue weighted by Gasteiger charge is 2.16. The molecular formula is C18H20BrNO4. The number of hydrogen-bond donors (Lipinski definition) is 1. The standard InChI is InChI=1S/C18H20BrNO4/c1-4-23-16-10-7-14(11-17(16)22-3)20-18(21)12(2)24-15-8-5-13(19)6-9-15/h5-12H,4H2,1-3H3,(H,20,21)/t12-/m1/s1. The second-order valence-electron chi connectivity index (χ2n) is 5.00. The van der Waals surface area contributed by atoms with Crippen molar-refractivity contribution in [3.05, 3.63) is 46.9 Å². The van der Waals surface area contributed by atoms with Crippen LogP contribution in [0.15, 0.2) is 46.9 Å². The normalized spacial score (nSPS) is 11.5. The van der Waals surface area contributed by atoms with Gasteiger partial charge in [-0.25, -0.2) is 0 Å². The highest BCUT2D eigenvalue weighted by atomic mass is 79.9. The van der Waals surface area contributed by atoms with Crippen molar-refractivity contribution in [1.82, 2.24) is 0 Å². The molecule has 0 aliphatic rings. The van der Waals surface area contributed by atoms with Crippen molar-refractivity contribution < 1.29 is 19.0 Å². The Morgan fingerprint density at radius 2 is 1.88 bits per heavy atom. The minimum absolute atomic E-state index is 0.246. The zero-order valence-electron chi connectivity index (χ0n) is 13.8. The monoisotopic (exact) mass is 393 g/mol. The summed E-state index contributed by atoms with van der Waals surface area (Å²) in [4.78, 5) is 12.3. The highest BCUT2D eigenvalue weighted by Crippen LogP contribution is 2.30. The van der Waals surface area contributed by atoms with E-state index in [2.05, 4.69) is 21.2 Å². The lowest BCUT2D eigenvalue weighted by molar-refractivity contribution is -0.122. The molecule has 0 aliphatic heterocycles. The molecule has 0 spiro atoms. The lowest BCUT2D eigenvalue weighted by atomic mass is 10.2. The third-order valence-electron chi connectivity index (χ3n) is 3.23. The van der Waals surface area contributed by atoms with Crippen LogP contribution in [-0.4, -0.2) is 25.7 Å². The van der Waals surface area contributed by atoms with E-state index >= 15 is 0 Å². The molecule has 0 radical (unpaired) electrons. The summed E-state index contributed by atoms with van der Waals surface area (Å²) < 4.78 is 17.3. The van der Waals surface area contributed by atoms with Crippen LogP contribution in [0.1, 0.15) is 13.8 Å². The number of ether oxygens (including phenoxy) is 3. The maximum atomic E-state index is 12.3. The number of anilines is 1. The number of methoxy groups -OCH3 is 1. The van der Waals surface area contributed by atoms with E-state index in [1.165, 1.54) is 0 Å². The molecule has 6 heteroatoms. The molecule has 0 saturated heterocycles. The first-order chi connectivity index (χ1) is 11.5. The molecule has 0 fully saturated rings. The van der Waals surface area contributed by atoms with Crippen molar-refractivity contribution in [2.24, 2.45) is 0 Å². The number of hydrogen-bond acceptors (Lipinski definition) is 4. The molecule has 0 unspecified atom stereocenters. The maximum absolute atomic E-state index is 12.3. The van der Waals surface area contributed by atoms with E-state index in [-0.39, 0.29) is 5.91 Å². The number of amides is 1. The quantitative estimate of drug-likeness (QED) is 0.763. The molecule has 128 valence electrons. The Kier molecular flexibility index (Phi) is 6.49. The fourth-order valence-corrected chi connectivity index (χ4v) is 2.30. The highest BCUT2D eigenvalue weighted by molar-refractivity contribution is 9.10. The van der Waals surface area contributed by atoms with E-state index in [1.807, 2.05) is 19.1 Å². The Morgan fingerprint density at radius 3 is 2.50 bits per heavy atom. The minimum atomic E-state index is -0.635. The van der Waals surface area contributed by atoms with Crippen molar-refractivity contribution in [3.63, 3.8) is 0 Å². The second-order valence-corrected chi connectivity index (χ2v) is 5.92. The largest absolute Gasteiger partial charge is 0.493 e. The van der Waals surface area contributed by atoms with Crippen LogP contribution in [-0.2, 0) is 4.79 Å². The summed E-state index contributed by atoms with van der Waals surface area (Å²) in [6.45, 7) is 4.14. The van der Waals surface area contributed by atoms with Gasteiger partial charge in [0.15, 0.2) is 17.6 Å². The summed E-state index contributed by atoms with van der Waals surface area (Å²) in [5.74, 6) is 1.59. The summed E-state index contributed by atoms with van der Waals surface area (Å²) in [5, 5.41) is 2.81. The molecule has 1 amide bonds. The van der Waals surface area contributed by atoms with E-state index < -0.39 is 6.10 Å². The zero-order valence-corrected chi connectivity index (χ0v) is 15.4. The van der Waals surface area contributed by atoms with Crippen LogP contribution < -0.4 is 19.5 Å². The molecule has 0 heterocycles. The van der Waals surface area contributed by atoms with E-state index in [4.69, 9.17) is 14.2 Å². The first kappa shape index (κ1) is 18.1. The van der Waals surface area contributed by atoms with Gasteiger partial charge in [-0.2, -0.15) is 0 Å². The second kappa shape index (κ2) is 8.59. The Labute approximate surface area is 150 Å². The Balaban J connectivity index is 2.01. The van der Waals surface area contributed by atoms with Gasteiger partial charge in [0, 0.05) is 16.2 Å². The molecule has 0 aliphatic carbocycles. The van der Waals surface area contributed by atoms with Crippen LogP contribution in [0.5, 0.6) is 17.2 Å². The van der Waals surface area contributed by atoms with Crippen LogP contribution >= 0.6 is 15.9 Å². The summed E-state index contributed by atoms with van der Waals surface area (Å²) in [6, 6.07) is 12.6. The van der Waals surface area contributed by atoms with Gasteiger partial charge >= 0.3 is 0 Å². The van der Waals surface area contributed by atoms with Gasteiger partial charge in [-0.3, -0.25) is 4.79 Å². The molecule has 5 nitrogen and oxygen atoms in total. The first-order valence-corrected chi connectivity index (χ1v) is 8.36. The fraction of sp³-hybridized carbons (Fsp3) is 0.278. The molecule has 24 heavy (non-hydrogen) atoms. The zero-order chi connectivity index (χ0) is 17.5. The van der Waals surface area contributed by atoms with Gasteiger partial charge in [0.1, 0.15) is 5.75 Å². The summed E-state index contributed by atoms with van der Waals surface area (Å²) in [6.07, 6.45) is -0.635. The lowest BCUT2D eigenvalue weighted by Gasteiger charge is -2.16. The maximum Gasteiger partial charge on any atom is 0.265 e.